The third-order valence-electron chi connectivity index (χ3n) is 4.10. The van der Waals surface area contributed by atoms with Crippen LogP contribution in [0, 0.1) is 0 Å². The summed E-state index contributed by atoms with van der Waals surface area (Å²) in [5.74, 6) is 0.0464. The molecule has 1 saturated heterocycles. The van der Waals surface area contributed by atoms with Crippen LogP contribution in [-0.2, 0) is 16.0 Å². The van der Waals surface area contributed by atoms with E-state index in [1.807, 2.05) is 31.3 Å². The Morgan fingerprint density at radius 2 is 2.36 bits per heavy atom. The minimum Gasteiger partial charge on any atom is -0.394 e. The SMILES string of the molecule is CC1COC(CO)CN1C(=O)Cc1c[nH]c2cc(Cl)ccc12. The topological polar surface area (TPSA) is 65.6 Å². The molecule has 0 spiro atoms. The molecule has 5 nitrogen and oxygen atoms in total. The van der Waals surface area contributed by atoms with E-state index in [1.165, 1.54) is 0 Å². The molecular formula is C16H19ClN2O3. The van der Waals surface area contributed by atoms with E-state index in [-0.39, 0.29) is 24.7 Å². The molecule has 1 amide bonds. The highest BCUT2D eigenvalue weighted by Gasteiger charge is 2.29. The van der Waals surface area contributed by atoms with E-state index < -0.39 is 0 Å². The highest BCUT2D eigenvalue weighted by Crippen LogP contribution is 2.23. The highest BCUT2D eigenvalue weighted by atomic mass is 35.5. The Labute approximate surface area is 133 Å². The lowest BCUT2D eigenvalue weighted by molar-refractivity contribution is -0.145. The number of halogens is 1. The first-order chi connectivity index (χ1) is 10.6. The van der Waals surface area contributed by atoms with Crippen LogP contribution >= 0.6 is 11.6 Å². The van der Waals surface area contributed by atoms with Crippen molar-refractivity contribution < 1.29 is 14.6 Å². The van der Waals surface area contributed by atoms with Crippen LogP contribution in [-0.4, -0.2) is 52.8 Å². The van der Waals surface area contributed by atoms with Crippen LogP contribution in [0.3, 0.4) is 0 Å². The number of H-pyrrole nitrogens is 1. The maximum atomic E-state index is 12.6. The van der Waals surface area contributed by atoms with Crippen LogP contribution in [0.1, 0.15) is 12.5 Å². The minimum absolute atomic E-state index is 0.0231. The van der Waals surface area contributed by atoms with Crippen LogP contribution in [0.25, 0.3) is 10.9 Å². The highest BCUT2D eigenvalue weighted by molar-refractivity contribution is 6.31. The van der Waals surface area contributed by atoms with E-state index in [2.05, 4.69) is 4.98 Å². The summed E-state index contributed by atoms with van der Waals surface area (Å²) in [6.07, 6.45) is 1.89. The van der Waals surface area contributed by atoms with E-state index in [9.17, 15) is 9.90 Å². The number of nitrogens with zero attached hydrogens (tertiary/aromatic N) is 1. The van der Waals surface area contributed by atoms with Crippen molar-refractivity contribution in [2.24, 2.45) is 0 Å². The van der Waals surface area contributed by atoms with Crippen LogP contribution < -0.4 is 0 Å². The molecule has 2 atom stereocenters. The van der Waals surface area contributed by atoms with Gasteiger partial charge in [-0.2, -0.15) is 0 Å². The van der Waals surface area contributed by atoms with Gasteiger partial charge in [-0.05, 0) is 24.6 Å². The number of hydrogen-bond donors (Lipinski definition) is 2. The monoisotopic (exact) mass is 322 g/mol. The third kappa shape index (κ3) is 2.97. The molecule has 6 heteroatoms. The predicted molar refractivity (Wildman–Crippen MR) is 85.0 cm³/mol. The van der Waals surface area contributed by atoms with Gasteiger partial charge in [0.2, 0.25) is 5.91 Å². The number of ether oxygens (including phenoxy) is 1. The summed E-state index contributed by atoms with van der Waals surface area (Å²) in [5, 5.41) is 10.9. The lowest BCUT2D eigenvalue weighted by atomic mass is 10.1. The molecule has 2 unspecified atom stereocenters. The number of fused-ring (bicyclic) bond motifs is 1. The number of morpholine rings is 1. The summed E-state index contributed by atoms with van der Waals surface area (Å²) in [6, 6.07) is 5.63. The summed E-state index contributed by atoms with van der Waals surface area (Å²) in [7, 11) is 0. The quantitative estimate of drug-likeness (QED) is 0.908. The van der Waals surface area contributed by atoms with Crippen LogP contribution in [0.4, 0.5) is 0 Å². The molecule has 2 aromatic rings. The first kappa shape index (κ1) is 15.3. The Bertz CT molecular complexity index is 685. The van der Waals surface area contributed by atoms with Crippen molar-refractivity contribution >= 4 is 28.4 Å². The maximum absolute atomic E-state index is 12.6. The molecular weight excluding hydrogens is 304 g/mol. The second-order valence-electron chi connectivity index (χ2n) is 5.71. The first-order valence-electron chi connectivity index (χ1n) is 7.36. The van der Waals surface area contributed by atoms with Gasteiger partial charge in [0, 0.05) is 28.7 Å². The van der Waals surface area contributed by atoms with Crippen molar-refractivity contribution in [3.63, 3.8) is 0 Å². The second-order valence-corrected chi connectivity index (χ2v) is 6.15. The Hall–Kier alpha value is -1.56. The molecule has 2 N–H and O–H groups in total. The first-order valence-corrected chi connectivity index (χ1v) is 7.73. The van der Waals surface area contributed by atoms with Gasteiger partial charge in [0.15, 0.2) is 0 Å². The normalized spacial score (nSPS) is 22.2. The van der Waals surface area contributed by atoms with E-state index in [4.69, 9.17) is 16.3 Å². The predicted octanol–water partition coefficient (Wildman–Crippen LogP) is 1.97. The van der Waals surface area contributed by atoms with Gasteiger partial charge in [-0.25, -0.2) is 0 Å². The molecule has 118 valence electrons. The van der Waals surface area contributed by atoms with E-state index >= 15 is 0 Å². The number of aliphatic hydroxyl groups excluding tert-OH is 1. The Morgan fingerprint density at radius 1 is 1.55 bits per heavy atom. The number of aromatic nitrogens is 1. The summed E-state index contributed by atoms with van der Waals surface area (Å²) in [6.45, 7) is 2.79. The van der Waals surface area contributed by atoms with Crippen molar-refractivity contribution in [1.82, 2.24) is 9.88 Å². The summed E-state index contributed by atoms with van der Waals surface area (Å²) in [5.41, 5.74) is 1.88. The lowest BCUT2D eigenvalue weighted by Crippen LogP contribution is -2.52. The van der Waals surface area contributed by atoms with Crippen molar-refractivity contribution in [3.05, 3.63) is 35.0 Å². The van der Waals surface area contributed by atoms with E-state index in [0.29, 0.717) is 24.6 Å². The van der Waals surface area contributed by atoms with Crippen molar-refractivity contribution in [2.45, 2.75) is 25.5 Å². The summed E-state index contributed by atoms with van der Waals surface area (Å²) < 4.78 is 5.47. The lowest BCUT2D eigenvalue weighted by Gasteiger charge is -2.37. The van der Waals surface area contributed by atoms with Gasteiger partial charge in [0.05, 0.1) is 31.8 Å². The number of benzene rings is 1. The van der Waals surface area contributed by atoms with Gasteiger partial charge in [-0.15, -0.1) is 0 Å². The number of carbonyl (C=O) groups excluding carboxylic acids is 1. The van der Waals surface area contributed by atoms with Crippen molar-refractivity contribution in [2.75, 3.05) is 19.8 Å². The average Bonchev–Trinajstić information content (AvgIpc) is 2.89. The number of aliphatic hydroxyl groups is 1. The van der Waals surface area contributed by atoms with Gasteiger partial charge in [0.25, 0.3) is 0 Å². The van der Waals surface area contributed by atoms with Crippen LogP contribution in [0.15, 0.2) is 24.4 Å². The Kier molecular flexibility index (Phi) is 4.38. The van der Waals surface area contributed by atoms with Gasteiger partial charge >= 0.3 is 0 Å². The number of rotatable bonds is 3. The molecule has 0 bridgehead atoms. The fourth-order valence-electron chi connectivity index (χ4n) is 2.84. The van der Waals surface area contributed by atoms with Crippen molar-refractivity contribution in [1.29, 1.82) is 0 Å². The largest absolute Gasteiger partial charge is 0.394 e. The van der Waals surface area contributed by atoms with Gasteiger partial charge in [-0.1, -0.05) is 17.7 Å². The molecule has 3 rings (SSSR count). The fourth-order valence-corrected chi connectivity index (χ4v) is 3.02. The molecule has 0 aliphatic carbocycles. The van der Waals surface area contributed by atoms with Gasteiger partial charge < -0.3 is 19.7 Å². The molecule has 2 heterocycles. The summed E-state index contributed by atoms with van der Waals surface area (Å²) >= 11 is 5.97. The summed E-state index contributed by atoms with van der Waals surface area (Å²) in [4.78, 5) is 17.5. The van der Waals surface area contributed by atoms with Crippen LogP contribution in [0.2, 0.25) is 5.02 Å². The smallest absolute Gasteiger partial charge is 0.227 e. The third-order valence-corrected chi connectivity index (χ3v) is 4.34. The number of hydrogen-bond acceptors (Lipinski definition) is 3. The fraction of sp³-hybridized carbons (Fsp3) is 0.438. The molecule has 1 aromatic carbocycles. The standard InChI is InChI=1S/C16H19ClN2O3/c1-10-9-22-13(8-20)7-19(10)16(21)4-11-6-18-15-5-12(17)2-3-14(11)15/h2-3,5-6,10,13,18,20H,4,7-9H2,1H3. The molecule has 1 aliphatic rings. The average molecular weight is 323 g/mol. The maximum Gasteiger partial charge on any atom is 0.227 e. The van der Waals surface area contributed by atoms with Crippen LogP contribution in [0.5, 0.6) is 0 Å². The van der Waals surface area contributed by atoms with E-state index in [1.54, 1.807) is 4.90 Å². The zero-order valence-electron chi connectivity index (χ0n) is 12.4. The number of carbonyl (C=O) groups is 1. The minimum atomic E-state index is -0.290. The van der Waals surface area contributed by atoms with Gasteiger partial charge in [-0.3, -0.25) is 4.79 Å². The number of aromatic amines is 1. The number of amides is 1. The zero-order chi connectivity index (χ0) is 15.7. The molecule has 1 fully saturated rings. The molecule has 0 radical (unpaired) electrons. The molecule has 1 aromatic heterocycles. The van der Waals surface area contributed by atoms with E-state index in [0.717, 1.165) is 16.5 Å². The molecule has 1 aliphatic heterocycles. The number of nitrogens with one attached hydrogen (secondary N) is 1. The molecule has 22 heavy (non-hydrogen) atoms. The second kappa shape index (κ2) is 6.28. The van der Waals surface area contributed by atoms with Crippen molar-refractivity contribution in [3.8, 4) is 0 Å². The Balaban J connectivity index is 1.77. The zero-order valence-corrected chi connectivity index (χ0v) is 13.1. The van der Waals surface area contributed by atoms with Gasteiger partial charge in [0.1, 0.15) is 0 Å². The molecule has 0 saturated carbocycles. The Morgan fingerprint density at radius 3 is 3.14 bits per heavy atom.